The monoisotopic (exact) mass is 292 g/mol. The van der Waals surface area contributed by atoms with E-state index in [1.807, 2.05) is 19.9 Å². The lowest BCUT2D eigenvalue weighted by molar-refractivity contribution is 0.0123. The Morgan fingerprint density at radius 3 is 2.52 bits per heavy atom. The molecule has 0 heterocycles. The molecular weight excluding hydrogens is 267 g/mol. The molecule has 0 aliphatic heterocycles. The van der Waals surface area contributed by atoms with E-state index in [1.165, 1.54) is 12.5 Å². The summed E-state index contributed by atoms with van der Waals surface area (Å²) in [5.41, 5.74) is 1.76. The minimum absolute atomic E-state index is 0.182. The highest BCUT2D eigenvalue weighted by Crippen LogP contribution is 2.31. The van der Waals surface area contributed by atoms with Crippen molar-refractivity contribution in [1.29, 1.82) is 0 Å². The number of Topliss-reactive ketones (excluding diaryl/α,β-unsaturated/α-hetero) is 1. The summed E-state index contributed by atoms with van der Waals surface area (Å²) in [7, 11) is 0. The standard InChI is InChI=1S/C18H25FO2/c1-4-21-18(14-8-6-5-7-9-14)17(20)16-13(3)10-12(2)11-15(16)19/h10-11,14,18H,4-9H2,1-3H3. The van der Waals surface area contributed by atoms with Gasteiger partial charge in [0.25, 0.3) is 0 Å². The first-order valence-corrected chi connectivity index (χ1v) is 7.97. The fourth-order valence-electron chi connectivity index (χ4n) is 3.41. The van der Waals surface area contributed by atoms with E-state index in [1.54, 1.807) is 6.92 Å². The van der Waals surface area contributed by atoms with Gasteiger partial charge in [-0.1, -0.05) is 25.3 Å². The lowest BCUT2D eigenvalue weighted by atomic mass is 9.81. The number of hydrogen-bond donors (Lipinski definition) is 0. The predicted molar refractivity (Wildman–Crippen MR) is 82.2 cm³/mol. The van der Waals surface area contributed by atoms with Crippen molar-refractivity contribution >= 4 is 5.78 Å². The summed E-state index contributed by atoms with van der Waals surface area (Å²) in [6, 6.07) is 3.30. The van der Waals surface area contributed by atoms with Gasteiger partial charge < -0.3 is 4.74 Å². The maximum atomic E-state index is 14.3. The second kappa shape index (κ2) is 7.17. The molecule has 2 rings (SSSR count). The molecule has 116 valence electrons. The van der Waals surface area contributed by atoms with Crippen LogP contribution in [0.15, 0.2) is 12.1 Å². The lowest BCUT2D eigenvalue weighted by Crippen LogP contribution is -2.35. The first kappa shape index (κ1) is 16.2. The number of carbonyl (C=O) groups excluding carboxylic acids is 1. The van der Waals surface area contributed by atoms with E-state index in [0.717, 1.165) is 31.2 Å². The van der Waals surface area contributed by atoms with Gasteiger partial charge in [-0.15, -0.1) is 0 Å². The van der Waals surface area contributed by atoms with Crippen LogP contribution in [0.3, 0.4) is 0 Å². The lowest BCUT2D eigenvalue weighted by Gasteiger charge is -2.29. The van der Waals surface area contributed by atoms with Crippen LogP contribution in [0.5, 0.6) is 0 Å². The Balaban J connectivity index is 2.29. The van der Waals surface area contributed by atoms with Gasteiger partial charge in [-0.25, -0.2) is 4.39 Å². The Morgan fingerprint density at radius 1 is 1.29 bits per heavy atom. The molecule has 0 aromatic heterocycles. The molecule has 0 N–H and O–H groups in total. The molecule has 2 nitrogen and oxygen atoms in total. The van der Waals surface area contributed by atoms with Crippen LogP contribution in [-0.4, -0.2) is 18.5 Å². The zero-order chi connectivity index (χ0) is 15.4. The summed E-state index contributed by atoms with van der Waals surface area (Å²) in [6.07, 6.45) is 5.01. The van der Waals surface area contributed by atoms with E-state index in [-0.39, 0.29) is 17.3 Å². The number of ether oxygens (including phenoxy) is 1. The maximum Gasteiger partial charge on any atom is 0.195 e. The summed E-state index contributed by atoms with van der Waals surface area (Å²) in [5.74, 6) is -0.372. The van der Waals surface area contributed by atoms with Crippen molar-refractivity contribution < 1.29 is 13.9 Å². The molecule has 1 fully saturated rings. The zero-order valence-electron chi connectivity index (χ0n) is 13.2. The summed E-state index contributed by atoms with van der Waals surface area (Å²) in [5, 5.41) is 0. The van der Waals surface area contributed by atoms with E-state index in [2.05, 4.69) is 0 Å². The van der Waals surface area contributed by atoms with Gasteiger partial charge >= 0.3 is 0 Å². The van der Waals surface area contributed by atoms with Crippen molar-refractivity contribution in [2.75, 3.05) is 6.61 Å². The smallest absolute Gasteiger partial charge is 0.195 e. The van der Waals surface area contributed by atoms with Gasteiger partial charge in [0.1, 0.15) is 11.9 Å². The molecule has 1 atom stereocenters. The van der Waals surface area contributed by atoms with Crippen LogP contribution in [0.2, 0.25) is 0 Å². The Hall–Kier alpha value is -1.22. The van der Waals surface area contributed by atoms with E-state index in [9.17, 15) is 9.18 Å². The molecule has 1 aromatic rings. The molecule has 1 unspecified atom stereocenters. The minimum atomic E-state index is -0.494. The van der Waals surface area contributed by atoms with Crippen LogP contribution in [0.25, 0.3) is 0 Å². The SMILES string of the molecule is CCOC(C(=O)c1c(C)cc(C)cc1F)C1CCCCC1. The van der Waals surface area contributed by atoms with Crippen molar-refractivity contribution in [2.24, 2.45) is 5.92 Å². The molecule has 21 heavy (non-hydrogen) atoms. The summed E-state index contributed by atoms with van der Waals surface area (Å²) >= 11 is 0. The summed E-state index contributed by atoms with van der Waals surface area (Å²) < 4.78 is 20.0. The number of aryl methyl sites for hydroxylation is 2. The Bertz CT molecular complexity index is 481. The molecule has 0 radical (unpaired) electrons. The first-order chi connectivity index (χ1) is 10.0. The molecule has 0 saturated heterocycles. The Labute approximate surface area is 126 Å². The molecule has 1 aliphatic carbocycles. The highest BCUT2D eigenvalue weighted by Gasteiger charge is 2.32. The average Bonchev–Trinajstić information content (AvgIpc) is 2.44. The zero-order valence-corrected chi connectivity index (χ0v) is 13.2. The number of ketones is 1. The highest BCUT2D eigenvalue weighted by molar-refractivity contribution is 6.01. The van der Waals surface area contributed by atoms with E-state index in [0.29, 0.717) is 12.2 Å². The summed E-state index contributed by atoms with van der Waals surface area (Å²) in [6.45, 7) is 6.01. The molecule has 0 amide bonds. The van der Waals surface area contributed by atoms with Crippen LogP contribution in [0, 0.1) is 25.6 Å². The van der Waals surface area contributed by atoms with Gasteiger partial charge in [-0.05, 0) is 56.7 Å². The van der Waals surface area contributed by atoms with Crippen LogP contribution < -0.4 is 0 Å². The number of hydrogen-bond acceptors (Lipinski definition) is 2. The average molecular weight is 292 g/mol. The minimum Gasteiger partial charge on any atom is -0.370 e. The third kappa shape index (κ3) is 3.70. The van der Waals surface area contributed by atoms with Gasteiger partial charge in [-0.2, -0.15) is 0 Å². The summed E-state index contributed by atoms with van der Waals surface area (Å²) in [4.78, 5) is 12.8. The molecule has 1 saturated carbocycles. The predicted octanol–water partition coefficient (Wildman–Crippen LogP) is 4.61. The van der Waals surface area contributed by atoms with Crippen LogP contribution in [0.4, 0.5) is 4.39 Å². The maximum absolute atomic E-state index is 14.3. The van der Waals surface area contributed by atoms with Gasteiger partial charge in [0, 0.05) is 6.61 Å². The van der Waals surface area contributed by atoms with Gasteiger partial charge in [-0.3, -0.25) is 4.79 Å². The molecule has 0 spiro atoms. The second-order valence-corrected chi connectivity index (χ2v) is 6.08. The number of carbonyl (C=O) groups is 1. The number of benzene rings is 1. The fraction of sp³-hybridized carbons (Fsp3) is 0.611. The van der Waals surface area contributed by atoms with Crippen molar-refractivity contribution in [3.63, 3.8) is 0 Å². The quantitative estimate of drug-likeness (QED) is 0.741. The topological polar surface area (TPSA) is 26.3 Å². The van der Waals surface area contributed by atoms with Crippen molar-refractivity contribution in [3.8, 4) is 0 Å². The van der Waals surface area contributed by atoms with Crippen LogP contribution >= 0.6 is 0 Å². The van der Waals surface area contributed by atoms with Crippen LogP contribution in [-0.2, 0) is 4.74 Å². The van der Waals surface area contributed by atoms with Crippen molar-refractivity contribution in [1.82, 2.24) is 0 Å². The molecule has 3 heteroatoms. The van der Waals surface area contributed by atoms with Gasteiger partial charge in [0.2, 0.25) is 0 Å². The van der Waals surface area contributed by atoms with Crippen molar-refractivity contribution in [2.45, 2.75) is 59.0 Å². The largest absolute Gasteiger partial charge is 0.370 e. The Kier molecular flexibility index (Phi) is 5.51. The second-order valence-electron chi connectivity index (χ2n) is 6.08. The molecular formula is C18H25FO2. The normalized spacial score (nSPS) is 17.7. The number of rotatable bonds is 5. The molecule has 1 aliphatic rings. The van der Waals surface area contributed by atoms with E-state index >= 15 is 0 Å². The van der Waals surface area contributed by atoms with E-state index < -0.39 is 11.9 Å². The first-order valence-electron chi connectivity index (χ1n) is 7.97. The fourth-order valence-corrected chi connectivity index (χ4v) is 3.41. The highest BCUT2D eigenvalue weighted by atomic mass is 19.1. The molecule has 0 bridgehead atoms. The van der Waals surface area contributed by atoms with Crippen molar-refractivity contribution in [3.05, 3.63) is 34.6 Å². The van der Waals surface area contributed by atoms with Gasteiger partial charge in [0.05, 0.1) is 5.56 Å². The third-order valence-corrected chi connectivity index (χ3v) is 4.36. The van der Waals surface area contributed by atoms with E-state index in [4.69, 9.17) is 4.74 Å². The third-order valence-electron chi connectivity index (χ3n) is 4.36. The van der Waals surface area contributed by atoms with Gasteiger partial charge in [0.15, 0.2) is 5.78 Å². The number of halogens is 1. The van der Waals surface area contributed by atoms with Crippen LogP contribution in [0.1, 0.15) is 60.5 Å². The Morgan fingerprint density at radius 2 is 1.95 bits per heavy atom. The molecule has 1 aromatic carbocycles.